The molecule has 166 valence electrons. The van der Waals surface area contributed by atoms with Gasteiger partial charge in [-0.3, -0.25) is 4.68 Å². The zero-order valence-electron chi connectivity index (χ0n) is 18.3. The van der Waals surface area contributed by atoms with Crippen molar-refractivity contribution in [3.05, 3.63) is 29.6 Å². The van der Waals surface area contributed by atoms with Crippen molar-refractivity contribution in [2.24, 2.45) is 0 Å². The summed E-state index contributed by atoms with van der Waals surface area (Å²) in [5, 5.41) is 21.4. The first kappa shape index (κ1) is 21.4. The molecule has 0 aliphatic carbocycles. The SMILES string of the molecule is CCOCCn1nc(CO)c2nc(N3CCN[C@H](C)C3)nc(Nc3cccc(C)n3)c21. The Balaban J connectivity index is 1.81. The lowest BCUT2D eigenvalue weighted by Gasteiger charge is -2.32. The van der Waals surface area contributed by atoms with Crippen LogP contribution in [0.15, 0.2) is 18.2 Å². The summed E-state index contributed by atoms with van der Waals surface area (Å²) in [7, 11) is 0. The Labute approximate surface area is 181 Å². The maximum absolute atomic E-state index is 9.96. The lowest BCUT2D eigenvalue weighted by molar-refractivity contribution is 0.137. The number of ether oxygens (including phenoxy) is 1. The quantitative estimate of drug-likeness (QED) is 0.462. The molecule has 31 heavy (non-hydrogen) atoms. The van der Waals surface area contributed by atoms with Crippen LogP contribution in [0.1, 0.15) is 25.2 Å². The van der Waals surface area contributed by atoms with Gasteiger partial charge in [0.05, 0.1) is 19.8 Å². The van der Waals surface area contributed by atoms with Gasteiger partial charge in [0.2, 0.25) is 5.95 Å². The number of hydrogen-bond donors (Lipinski definition) is 3. The third kappa shape index (κ3) is 4.76. The van der Waals surface area contributed by atoms with Gasteiger partial charge in [-0.25, -0.2) is 9.97 Å². The number of aryl methyl sites for hydroxylation is 1. The van der Waals surface area contributed by atoms with Crippen LogP contribution in [0.2, 0.25) is 0 Å². The normalized spacial score (nSPS) is 16.8. The third-order valence-electron chi connectivity index (χ3n) is 5.23. The first-order valence-electron chi connectivity index (χ1n) is 10.7. The number of piperazine rings is 1. The van der Waals surface area contributed by atoms with Gasteiger partial charge >= 0.3 is 0 Å². The molecule has 0 spiro atoms. The molecule has 0 amide bonds. The van der Waals surface area contributed by atoms with Gasteiger partial charge in [0, 0.05) is 38.0 Å². The summed E-state index contributed by atoms with van der Waals surface area (Å²) in [6.45, 7) is 10.0. The number of nitrogens with zero attached hydrogens (tertiary/aromatic N) is 6. The van der Waals surface area contributed by atoms with Crippen molar-refractivity contribution in [2.45, 2.75) is 40.0 Å². The van der Waals surface area contributed by atoms with Gasteiger partial charge in [-0.15, -0.1) is 0 Å². The summed E-state index contributed by atoms with van der Waals surface area (Å²) in [6.07, 6.45) is 0. The first-order valence-corrected chi connectivity index (χ1v) is 10.7. The highest BCUT2D eigenvalue weighted by Crippen LogP contribution is 2.29. The Kier molecular flexibility index (Phi) is 6.59. The number of pyridine rings is 1. The summed E-state index contributed by atoms with van der Waals surface area (Å²) < 4.78 is 7.33. The Hall–Kier alpha value is -2.82. The molecule has 1 atom stereocenters. The van der Waals surface area contributed by atoms with Crippen LogP contribution in [0.3, 0.4) is 0 Å². The second-order valence-corrected chi connectivity index (χ2v) is 7.68. The largest absolute Gasteiger partial charge is 0.390 e. The highest BCUT2D eigenvalue weighted by atomic mass is 16.5. The van der Waals surface area contributed by atoms with Crippen molar-refractivity contribution in [3.63, 3.8) is 0 Å². The van der Waals surface area contributed by atoms with E-state index >= 15 is 0 Å². The van der Waals surface area contributed by atoms with E-state index in [9.17, 15) is 5.11 Å². The number of aromatic nitrogens is 5. The van der Waals surface area contributed by atoms with E-state index in [4.69, 9.17) is 14.7 Å². The van der Waals surface area contributed by atoms with Gasteiger partial charge in [-0.1, -0.05) is 6.07 Å². The van der Waals surface area contributed by atoms with Crippen molar-refractivity contribution in [1.29, 1.82) is 0 Å². The lowest BCUT2D eigenvalue weighted by Crippen LogP contribution is -2.49. The van der Waals surface area contributed by atoms with Crippen LogP contribution in [-0.2, 0) is 17.9 Å². The molecule has 1 aliphatic heterocycles. The van der Waals surface area contributed by atoms with E-state index in [1.54, 1.807) is 4.68 Å². The number of aliphatic hydroxyl groups excluding tert-OH is 1. The van der Waals surface area contributed by atoms with E-state index in [1.807, 2.05) is 32.0 Å². The van der Waals surface area contributed by atoms with E-state index in [-0.39, 0.29) is 6.61 Å². The zero-order valence-corrected chi connectivity index (χ0v) is 18.3. The van der Waals surface area contributed by atoms with Crippen molar-refractivity contribution in [3.8, 4) is 0 Å². The number of rotatable bonds is 8. The molecular formula is C21H30N8O2. The lowest BCUT2D eigenvalue weighted by atomic mass is 10.2. The zero-order chi connectivity index (χ0) is 21.8. The van der Waals surface area contributed by atoms with Crippen molar-refractivity contribution < 1.29 is 9.84 Å². The molecule has 3 aromatic rings. The van der Waals surface area contributed by atoms with E-state index in [1.165, 1.54) is 0 Å². The van der Waals surface area contributed by atoms with E-state index in [2.05, 4.69) is 32.5 Å². The molecule has 0 bridgehead atoms. The van der Waals surface area contributed by atoms with Crippen LogP contribution in [0.25, 0.3) is 11.0 Å². The number of fused-ring (bicyclic) bond motifs is 1. The highest BCUT2D eigenvalue weighted by molar-refractivity contribution is 5.90. The number of anilines is 3. The van der Waals surface area contributed by atoms with Crippen molar-refractivity contribution >= 4 is 28.6 Å². The average molecular weight is 427 g/mol. The minimum Gasteiger partial charge on any atom is -0.390 e. The molecule has 0 aromatic carbocycles. The molecule has 4 rings (SSSR count). The molecule has 1 fully saturated rings. The second-order valence-electron chi connectivity index (χ2n) is 7.68. The molecule has 3 aromatic heterocycles. The van der Waals surface area contributed by atoms with Gasteiger partial charge in [0.1, 0.15) is 22.5 Å². The molecule has 10 heteroatoms. The maximum atomic E-state index is 9.96. The van der Waals surface area contributed by atoms with Crippen LogP contribution >= 0.6 is 0 Å². The molecule has 3 N–H and O–H groups in total. The minimum absolute atomic E-state index is 0.200. The Morgan fingerprint density at radius 3 is 2.90 bits per heavy atom. The van der Waals surface area contributed by atoms with Gasteiger partial charge < -0.3 is 25.4 Å². The van der Waals surface area contributed by atoms with E-state index in [0.717, 1.165) is 30.8 Å². The van der Waals surface area contributed by atoms with E-state index in [0.29, 0.717) is 54.6 Å². The van der Waals surface area contributed by atoms with Gasteiger partial charge in [0.15, 0.2) is 5.82 Å². The topological polar surface area (TPSA) is 113 Å². The van der Waals surface area contributed by atoms with Crippen LogP contribution in [0.4, 0.5) is 17.6 Å². The summed E-state index contributed by atoms with van der Waals surface area (Å²) in [5.74, 6) is 1.94. The average Bonchev–Trinajstić information content (AvgIpc) is 3.12. The predicted molar refractivity (Wildman–Crippen MR) is 120 cm³/mol. The van der Waals surface area contributed by atoms with Crippen LogP contribution in [0.5, 0.6) is 0 Å². The first-order chi connectivity index (χ1) is 15.1. The smallest absolute Gasteiger partial charge is 0.228 e. The van der Waals surface area contributed by atoms with Crippen LogP contribution < -0.4 is 15.5 Å². The summed E-state index contributed by atoms with van der Waals surface area (Å²) in [4.78, 5) is 16.4. The third-order valence-corrected chi connectivity index (χ3v) is 5.23. The number of aliphatic hydroxyl groups is 1. The molecular weight excluding hydrogens is 396 g/mol. The predicted octanol–water partition coefficient (Wildman–Crippen LogP) is 1.60. The van der Waals surface area contributed by atoms with Crippen molar-refractivity contribution in [1.82, 2.24) is 30.0 Å². The molecule has 4 heterocycles. The second kappa shape index (κ2) is 9.54. The molecule has 1 aliphatic rings. The summed E-state index contributed by atoms with van der Waals surface area (Å²) >= 11 is 0. The summed E-state index contributed by atoms with van der Waals surface area (Å²) in [6, 6.07) is 6.15. The maximum Gasteiger partial charge on any atom is 0.228 e. The number of nitrogens with one attached hydrogen (secondary N) is 2. The monoisotopic (exact) mass is 426 g/mol. The van der Waals surface area contributed by atoms with E-state index < -0.39 is 0 Å². The molecule has 0 radical (unpaired) electrons. The minimum atomic E-state index is -0.200. The summed E-state index contributed by atoms with van der Waals surface area (Å²) in [5.41, 5.74) is 2.82. The Morgan fingerprint density at radius 2 is 2.16 bits per heavy atom. The molecule has 1 saturated heterocycles. The van der Waals surface area contributed by atoms with Gasteiger partial charge in [-0.2, -0.15) is 10.1 Å². The van der Waals surface area contributed by atoms with Gasteiger partial charge in [-0.05, 0) is 32.9 Å². The van der Waals surface area contributed by atoms with Gasteiger partial charge in [0.25, 0.3) is 0 Å². The molecule has 0 saturated carbocycles. The molecule has 10 nitrogen and oxygen atoms in total. The highest BCUT2D eigenvalue weighted by Gasteiger charge is 2.23. The fourth-order valence-corrected chi connectivity index (χ4v) is 3.77. The Morgan fingerprint density at radius 1 is 1.29 bits per heavy atom. The van der Waals surface area contributed by atoms with Crippen LogP contribution in [0, 0.1) is 6.92 Å². The fourth-order valence-electron chi connectivity index (χ4n) is 3.77. The Bertz CT molecular complexity index is 1040. The number of hydrogen-bond acceptors (Lipinski definition) is 9. The van der Waals surface area contributed by atoms with Crippen molar-refractivity contribution in [2.75, 3.05) is 43.1 Å². The standard InChI is InChI=1S/C21H30N8O2/c1-4-31-11-10-29-19-18(16(13-30)27-29)25-21(28-9-8-22-15(3)12-28)26-20(19)24-17-7-5-6-14(2)23-17/h5-7,15,22,30H,4,8-13H2,1-3H3,(H,23,24,25,26)/t15-/m1/s1. The molecule has 0 unspecified atom stereocenters. The fraction of sp³-hybridized carbons (Fsp3) is 0.524. The van der Waals surface area contributed by atoms with Crippen LogP contribution in [-0.4, -0.2) is 68.7 Å².